The van der Waals surface area contributed by atoms with E-state index in [1.807, 2.05) is 24.3 Å². The van der Waals surface area contributed by atoms with E-state index in [4.69, 9.17) is 5.11 Å². The first kappa shape index (κ1) is 19.0. The molecule has 2 nitrogen and oxygen atoms in total. The molecule has 0 radical (unpaired) electrons. The van der Waals surface area contributed by atoms with E-state index in [1.165, 1.54) is 43.2 Å². The number of carbonyl (C=O) groups is 1. The van der Waals surface area contributed by atoms with Crippen molar-refractivity contribution in [2.75, 3.05) is 0 Å². The summed E-state index contributed by atoms with van der Waals surface area (Å²) in [6, 6.07) is 17.9. The zero-order valence-corrected chi connectivity index (χ0v) is 14.9. The molecule has 0 heterocycles. The number of unbranched alkanes of at least 4 members (excludes halogenated alkanes) is 5. The molecule has 2 rings (SSSR count). The largest absolute Gasteiger partial charge is 0.478 e. The quantitative estimate of drug-likeness (QED) is 0.379. The number of benzene rings is 2. The fraction of sp³-hybridized carbons (Fsp3) is 0.348. The summed E-state index contributed by atoms with van der Waals surface area (Å²) in [6.45, 7) is 3.77. The predicted molar refractivity (Wildman–Crippen MR) is 104 cm³/mol. The Labute approximate surface area is 151 Å². The van der Waals surface area contributed by atoms with E-state index < -0.39 is 5.97 Å². The molecule has 1 N–H and O–H groups in total. The van der Waals surface area contributed by atoms with Crippen LogP contribution in [0.2, 0.25) is 0 Å². The number of carboxylic acids is 1. The van der Waals surface area contributed by atoms with Gasteiger partial charge in [-0.3, -0.25) is 0 Å². The Morgan fingerprint density at radius 2 is 1.48 bits per heavy atom. The van der Waals surface area contributed by atoms with Gasteiger partial charge in [0.15, 0.2) is 0 Å². The van der Waals surface area contributed by atoms with Crippen LogP contribution in [0.4, 0.5) is 0 Å². The van der Waals surface area contributed by atoms with E-state index in [0.29, 0.717) is 11.5 Å². The normalized spacial score (nSPS) is 11.8. The number of hydrogen-bond acceptors (Lipinski definition) is 1. The van der Waals surface area contributed by atoms with Gasteiger partial charge in [-0.15, -0.1) is 6.58 Å². The maximum absolute atomic E-state index is 11.1. The minimum Gasteiger partial charge on any atom is -0.478 e. The first-order chi connectivity index (χ1) is 12.2. The lowest BCUT2D eigenvalue weighted by Gasteiger charge is -2.18. The van der Waals surface area contributed by atoms with Crippen LogP contribution in [0.1, 0.15) is 72.3 Å². The second-order valence-corrected chi connectivity index (χ2v) is 6.52. The molecule has 1 atom stereocenters. The van der Waals surface area contributed by atoms with Crippen molar-refractivity contribution in [3.8, 4) is 0 Å². The van der Waals surface area contributed by atoms with Gasteiger partial charge in [-0.1, -0.05) is 74.2 Å². The lowest BCUT2D eigenvalue weighted by Crippen LogP contribution is -2.03. The highest BCUT2D eigenvalue weighted by Crippen LogP contribution is 2.30. The minimum atomic E-state index is -0.873. The smallest absolute Gasteiger partial charge is 0.335 e. The molecule has 2 aromatic carbocycles. The third-order valence-electron chi connectivity index (χ3n) is 4.66. The molecular formula is C23H28O2. The summed E-state index contributed by atoms with van der Waals surface area (Å²) in [4.78, 5) is 11.1. The van der Waals surface area contributed by atoms with Gasteiger partial charge >= 0.3 is 5.97 Å². The molecule has 0 spiro atoms. The van der Waals surface area contributed by atoms with Gasteiger partial charge in [-0.25, -0.2) is 4.79 Å². The average Bonchev–Trinajstić information content (AvgIpc) is 2.65. The summed E-state index contributed by atoms with van der Waals surface area (Å²) < 4.78 is 0. The van der Waals surface area contributed by atoms with Gasteiger partial charge < -0.3 is 5.11 Å². The summed E-state index contributed by atoms with van der Waals surface area (Å²) in [5, 5.41) is 9.09. The van der Waals surface area contributed by atoms with E-state index in [-0.39, 0.29) is 0 Å². The SMILES string of the molecule is C=CCCCCCCCC(c1ccccc1)c1ccc(C(=O)O)cc1. The van der Waals surface area contributed by atoms with Crippen molar-refractivity contribution < 1.29 is 9.90 Å². The molecule has 2 aromatic rings. The summed E-state index contributed by atoms with van der Waals surface area (Å²) >= 11 is 0. The molecule has 0 amide bonds. The number of hydrogen-bond donors (Lipinski definition) is 1. The van der Waals surface area contributed by atoms with Crippen LogP contribution in [-0.4, -0.2) is 11.1 Å². The number of allylic oxidation sites excluding steroid dienone is 1. The van der Waals surface area contributed by atoms with Crippen LogP contribution >= 0.6 is 0 Å². The van der Waals surface area contributed by atoms with Crippen molar-refractivity contribution in [2.45, 2.75) is 50.9 Å². The molecule has 1 unspecified atom stereocenters. The lowest BCUT2D eigenvalue weighted by molar-refractivity contribution is 0.0697. The summed E-state index contributed by atoms with van der Waals surface area (Å²) in [6.07, 6.45) is 10.4. The van der Waals surface area contributed by atoms with Gasteiger partial charge in [0, 0.05) is 5.92 Å². The molecule has 0 saturated heterocycles. The Morgan fingerprint density at radius 3 is 2.12 bits per heavy atom. The summed E-state index contributed by atoms with van der Waals surface area (Å²) in [5.41, 5.74) is 2.85. The second-order valence-electron chi connectivity index (χ2n) is 6.52. The standard InChI is InChI=1S/C23H28O2/c1-2-3-4-5-6-7-11-14-22(19-12-9-8-10-13-19)20-15-17-21(18-16-20)23(24)25/h2,8-10,12-13,15-18,22H,1,3-7,11,14H2,(H,24,25). The molecule has 0 saturated carbocycles. The van der Waals surface area contributed by atoms with E-state index in [1.54, 1.807) is 12.1 Å². The zero-order valence-electron chi connectivity index (χ0n) is 14.9. The Kier molecular flexibility index (Phi) is 7.97. The van der Waals surface area contributed by atoms with E-state index >= 15 is 0 Å². The average molecular weight is 336 g/mol. The van der Waals surface area contributed by atoms with Crippen molar-refractivity contribution in [2.24, 2.45) is 0 Å². The molecule has 0 aliphatic carbocycles. The van der Waals surface area contributed by atoms with Crippen LogP contribution in [0, 0.1) is 0 Å². The molecular weight excluding hydrogens is 308 g/mol. The van der Waals surface area contributed by atoms with Gasteiger partial charge in [0.1, 0.15) is 0 Å². The topological polar surface area (TPSA) is 37.3 Å². The Balaban J connectivity index is 1.99. The second kappa shape index (κ2) is 10.5. The van der Waals surface area contributed by atoms with Gasteiger partial charge in [-0.05, 0) is 42.5 Å². The minimum absolute atomic E-state index is 0.331. The van der Waals surface area contributed by atoms with E-state index in [0.717, 1.165) is 12.8 Å². The van der Waals surface area contributed by atoms with Gasteiger partial charge in [0.25, 0.3) is 0 Å². The van der Waals surface area contributed by atoms with Crippen molar-refractivity contribution >= 4 is 5.97 Å². The first-order valence-corrected chi connectivity index (χ1v) is 9.21. The fourth-order valence-corrected chi connectivity index (χ4v) is 3.24. The molecule has 0 aliphatic heterocycles. The van der Waals surface area contributed by atoms with Gasteiger partial charge in [0.2, 0.25) is 0 Å². The molecule has 2 heteroatoms. The van der Waals surface area contributed by atoms with Crippen molar-refractivity contribution in [1.82, 2.24) is 0 Å². The molecule has 132 valence electrons. The molecule has 0 fully saturated rings. The first-order valence-electron chi connectivity index (χ1n) is 9.21. The van der Waals surface area contributed by atoms with Gasteiger partial charge in [0.05, 0.1) is 5.56 Å². The highest BCUT2D eigenvalue weighted by atomic mass is 16.4. The summed E-state index contributed by atoms with van der Waals surface area (Å²) in [5.74, 6) is -0.542. The van der Waals surface area contributed by atoms with Crippen LogP contribution in [0.15, 0.2) is 67.3 Å². The Hall–Kier alpha value is -2.35. The van der Waals surface area contributed by atoms with Crippen LogP contribution in [0.25, 0.3) is 0 Å². The fourth-order valence-electron chi connectivity index (χ4n) is 3.24. The predicted octanol–water partition coefficient (Wildman–Crippen LogP) is 6.43. The lowest BCUT2D eigenvalue weighted by atomic mass is 9.86. The number of carboxylic acid groups (broad SMARTS) is 1. The molecule has 0 aromatic heterocycles. The molecule has 0 bridgehead atoms. The maximum atomic E-state index is 11.1. The third kappa shape index (κ3) is 6.22. The van der Waals surface area contributed by atoms with Crippen LogP contribution in [0.5, 0.6) is 0 Å². The van der Waals surface area contributed by atoms with Crippen LogP contribution < -0.4 is 0 Å². The Bertz CT molecular complexity index is 644. The zero-order chi connectivity index (χ0) is 17.9. The monoisotopic (exact) mass is 336 g/mol. The van der Waals surface area contributed by atoms with E-state index in [2.05, 4.69) is 30.8 Å². The van der Waals surface area contributed by atoms with Crippen molar-refractivity contribution in [3.63, 3.8) is 0 Å². The maximum Gasteiger partial charge on any atom is 0.335 e. The van der Waals surface area contributed by atoms with E-state index in [9.17, 15) is 4.79 Å². The Morgan fingerprint density at radius 1 is 0.880 bits per heavy atom. The molecule has 25 heavy (non-hydrogen) atoms. The highest BCUT2D eigenvalue weighted by molar-refractivity contribution is 5.87. The van der Waals surface area contributed by atoms with Gasteiger partial charge in [-0.2, -0.15) is 0 Å². The number of rotatable bonds is 11. The summed E-state index contributed by atoms with van der Waals surface area (Å²) in [7, 11) is 0. The van der Waals surface area contributed by atoms with Crippen LogP contribution in [-0.2, 0) is 0 Å². The van der Waals surface area contributed by atoms with Crippen molar-refractivity contribution in [3.05, 3.63) is 83.9 Å². The third-order valence-corrected chi connectivity index (χ3v) is 4.66. The highest BCUT2D eigenvalue weighted by Gasteiger charge is 2.14. The number of aromatic carboxylic acids is 1. The molecule has 0 aliphatic rings. The van der Waals surface area contributed by atoms with Crippen LogP contribution in [0.3, 0.4) is 0 Å². The van der Waals surface area contributed by atoms with Crippen molar-refractivity contribution in [1.29, 1.82) is 0 Å².